The number of benzene rings is 2. The molecule has 29 heavy (non-hydrogen) atoms. The second-order valence-corrected chi connectivity index (χ2v) is 5.73. The monoisotopic (exact) mass is 405 g/mol. The standard InChI is InChI=1S/C21H24FNO6/c1-4-26-17-11-14(12-18(27-5-2)20(17)28-6-3)21(25)29-13-19(24)23-16-9-7-15(22)8-10-16/h7-12H,4-6,13H2,1-3H3,(H,23,24). The van der Waals surface area contributed by atoms with Crippen molar-refractivity contribution in [1.82, 2.24) is 0 Å². The molecule has 2 aromatic carbocycles. The lowest BCUT2D eigenvalue weighted by atomic mass is 10.2. The molecule has 0 unspecified atom stereocenters. The van der Waals surface area contributed by atoms with Crippen LogP contribution in [0.2, 0.25) is 0 Å². The first-order valence-corrected chi connectivity index (χ1v) is 9.27. The molecule has 0 aliphatic rings. The highest BCUT2D eigenvalue weighted by molar-refractivity contribution is 5.96. The Morgan fingerprint density at radius 3 is 1.97 bits per heavy atom. The summed E-state index contributed by atoms with van der Waals surface area (Å²) in [7, 11) is 0. The Hall–Kier alpha value is -3.29. The van der Waals surface area contributed by atoms with E-state index in [1.54, 1.807) is 13.8 Å². The molecule has 156 valence electrons. The lowest BCUT2D eigenvalue weighted by molar-refractivity contribution is -0.119. The zero-order valence-electron chi connectivity index (χ0n) is 16.6. The van der Waals surface area contributed by atoms with Crippen molar-refractivity contribution < 1.29 is 32.9 Å². The van der Waals surface area contributed by atoms with E-state index >= 15 is 0 Å². The Morgan fingerprint density at radius 2 is 1.45 bits per heavy atom. The van der Waals surface area contributed by atoms with E-state index in [0.29, 0.717) is 42.8 Å². The van der Waals surface area contributed by atoms with E-state index in [2.05, 4.69) is 5.32 Å². The number of nitrogens with one attached hydrogen (secondary N) is 1. The number of carbonyl (C=O) groups excluding carboxylic acids is 2. The molecule has 1 amide bonds. The van der Waals surface area contributed by atoms with Crippen LogP contribution in [0.25, 0.3) is 0 Å². The minimum atomic E-state index is -0.718. The summed E-state index contributed by atoms with van der Waals surface area (Å²) in [4.78, 5) is 24.4. The molecule has 0 aliphatic heterocycles. The van der Waals surface area contributed by atoms with Crippen LogP contribution in [-0.4, -0.2) is 38.3 Å². The SMILES string of the molecule is CCOc1cc(C(=O)OCC(=O)Nc2ccc(F)cc2)cc(OCC)c1OCC. The van der Waals surface area contributed by atoms with Gasteiger partial charge in [0, 0.05) is 5.69 Å². The van der Waals surface area contributed by atoms with Gasteiger partial charge in [-0.1, -0.05) is 0 Å². The fourth-order valence-electron chi connectivity index (χ4n) is 2.45. The van der Waals surface area contributed by atoms with Gasteiger partial charge in [0.05, 0.1) is 25.4 Å². The van der Waals surface area contributed by atoms with Gasteiger partial charge in [0.2, 0.25) is 5.75 Å². The van der Waals surface area contributed by atoms with Crippen LogP contribution in [-0.2, 0) is 9.53 Å². The van der Waals surface area contributed by atoms with E-state index in [1.807, 2.05) is 6.92 Å². The van der Waals surface area contributed by atoms with Gasteiger partial charge in [-0.3, -0.25) is 4.79 Å². The number of amides is 1. The maximum absolute atomic E-state index is 12.9. The average Bonchev–Trinajstić information content (AvgIpc) is 2.70. The molecule has 0 heterocycles. The van der Waals surface area contributed by atoms with Crippen molar-refractivity contribution in [2.45, 2.75) is 20.8 Å². The summed E-state index contributed by atoms with van der Waals surface area (Å²) in [6.07, 6.45) is 0. The lowest BCUT2D eigenvalue weighted by Gasteiger charge is -2.16. The topological polar surface area (TPSA) is 83.1 Å². The van der Waals surface area contributed by atoms with Crippen LogP contribution in [0.15, 0.2) is 36.4 Å². The van der Waals surface area contributed by atoms with Crippen LogP contribution in [0.5, 0.6) is 17.2 Å². The van der Waals surface area contributed by atoms with Crippen molar-refractivity contribution in [3.8, 4) is 17.2 Å². The predicted octanol–water partition coefficient (Wildman–Crippen LogP) is 3.82. The first-order valence-electron chi connectivity index (χ1n) is 9.27. The fraction of sp³-hybridized carbons (Fsp3) is 0.333. The summed E-state index contributed by atoms with van der Waals surface area (Å²) >= 11 is 0. The molecule has 0 saturated heterocycles. The number of anilines is 1. The van der Waals surface area contributed by atoms with E-state index in [4.69, 9.17) is 18.9 Å². The molecule has 0 bridgehead atoms. The summed E-state index contributed by atoms with van der Waals surface area (Å²) < 4.78 is 34.7. The van der Waals surface area contributed by atoms with Gasteiger partial charge in [-0.15, -0.1) is 0 Å². The first-order chi connectivity index (χ1) is 14.0. The van der Waals surface area contributed by atoms with Crippen LogP contribution in [0, 0.1) is 5.82 Å². The third kappa shape index (κ3) is 6.38. The van der Waals surface area contributed by atoms with E-state index in [-0.39, 0.29) is 5.56 Å². The molecular formula is C21H24FNO6. The Balaban J connectivity index is 2.10. The van der Waals surface area contributed by atoms with Crippen molar-refractivity contribution in [1.29, 1.82) is 0 Å². The second kappa shape index (κ2) is 10.9. The zero-order valence-corrected chi connectivity index (χ0v) is 16.6. The molecule has 1 N–H and O–H groups in total. The molecule has 2 rings (SSSR count). The number of rotatable bonds is 10. The summed E-state index contributed by atoms with van der Waals surface area (Å²) in [6, 6.07) is 8.21. The van der Waals surface area contributed by atoms with Crippen LogP contribution >= 0.6 is 0 Å². The van der Waals surface area contributed by atoms with Crippen molar-refractivity contribution in [2.24, 2.45) is 0 Å². The molecular weight excluding hydrogens is 381 g/mol. The van der Waals surface area contributed by atoms with Crippen LogP contribution < -0.4 is 19.5 Å². The van der Waals surface area contributed by atoms with Crippen molar-refractivity contribution in [3.05, 3.63) is 47.8 Å². The quantitative estimate of drug-likeness (QED) is 0.605. The molecule has 0 aromatic heterocycles. The summed E-state index contributed by atoms with van der Waals surface area (Å²) in [5.74, 6) is -0.580. The number of halogens is 1. The normalized spacial score (nSPS) is 10.2. The van der Waals surface area contributed by atoms with E-state index in [0.717, 1.165) is 0 Å². The third-order valence-corrected chi connectivity index (χ3v) is 3.61. The van der Waals surface area contributed by atoms with Gasteiger partial charge in [0.1, 0.15) is 5.82 Å². The molecule has 0 aliphatic carbocycles. The maximum Gasteiger partial charge on any atom is 0.338 e. The highest BCUT2D eigenvalue weighted by atomic mass is 19.1. The van der Waals surface area contributed by atoms with Crippen LogP contribution in [0.4, 0.5) is 10.1 Å². The van der Waals surface area contributed by atoms with E-state index < -0.39 is 24.3 Å². The average molecular weight is 405 g/mol. The summed E-state index contributed by atoms with van der Waals surface area (Å²) in [5.41, 5.74) is 0.556. The Labute approximate surface area is 168 Å². The van der Waals surface area contributed by atoms with Crippen LogP contribution in [0.1, 0.15) is 31.1 Å². The Bertz CT molecular complexity index is 811. The van der Waals surface area contributed by atoms with Gasteiger partial charge in [-0.05, 0) is 57.2 Å². The molecule has 8 heteroatoms. The molecule has 0 spiro atoms. The Kier molecular flexibility index (Phi) is 8.27. The zero-order chi connectivity index (χ0) is 21.2. The summed E-state index contributed by atoms with van der Waals surface area (Å²) in [5, 5.41) is 2.51. The van der Waals surface area contributed by atoms with Gasteiger partial charge >= 0.3 is 5.97 Å². The lowest BCUT2D eigenvalue weighted by Crippen LogP contribution is -2.21. The molecule has 0 atom stereocenters. The van der Waals surface area contributed by atoms with Gasteiger partial charge in [0.25, 0.3) is 5.91 Å². The van der Waals surface area contributed by atoms with Gasteiger partial charge < -0.3 is 24.3 Å². The largest absolute Gasteiger partial charge is 0.490 e. The van der Waals surface area contributed by atoms with E-state index in [1.165, 1.54) is 36.4 Å². The Morgan fingerprint density at radius 1 is 0.897 bits per heavy atom. The van der Waals surface area contributed by atoms with Crippen molar-refractivity contribution in [2.75, 3.05) is 31.7 Å². The number of hydrogen-bond donors (Lipinski definition) is 1. The summed E-state index contributed by atoms with van der Waals surface area (Å²) in [6.45, 7) is 6.06. The number of esters is 1. The maximum atomic E-state index is 12.9. The number of hydrogen-bond acceptors (Lipinski definition) is 6. The second-order valence-electron chi connectivity index (χ2n) is 5.73. The van der Waals surface area contributed by atoms with Crippen molar-refractivity contribution in [3.63, 3.8) is 0 Å². The van der Waals surface area contributed by atoms with Gasteiger partial charge in [0.15, 0.2) is 18.1 Å². The highest BCUT2D eigenvalue weighted by Crippen LogP contribution is 2.39. The fourth-order valence-corrected chi connectivity index (χ4v) is 2.45. The van der Waals surface area contributed by atoms with Crippen LogP contribution in [0.3, 0.4) is 0 Å². The minimum absolute atomic E-state index is 0.162. The third-order valence-electron chi connectivity index (χ3n) is 3.61. The van der Waals surface area contributed by atoms with E-state index in [9.17, 15) is 14.0 Å². The first kappa shape index (κ1) is 22.0. The molecule has 0 fully saturated rings. The highest BCUT2D eigenvalue weighted by Gasteiger charge is 2.20. The smallest absolute Gasteiger partial charge is 0.338 e. The number of carbonyl (C=O) groups is 2. The van der Waals surface area contributed by atoms with Gasteiger partial charge in [-0.2, -0.15) is 0 Å². The molecule has 2 aromatic rings. The molecule has 0 radical (unpaired) electrons. The van der Waals surface area contributed by atoms with Crippen molar-refractivity contribution >= 4 is 17.6 Å². The van der Waals surface area contributed by atoms with Gasteiger partial charge in [-0.25, -0.2) is 9.18 Å². The molecule has 7 nitrogen and oxygen atoms in total. The number of ether oxygens (including phenoxy) is 4. The predicted molar refractivity (Wildman–Crippen MR) is 105 cm³/mol. The molecule has 0 saturated carbocycles. The minimum Gasteiger partial charge on any atom is -0.490 e.